The molecule has 0 unspecified atom stereocenters. The van der Waals surface area contributed by atoms with Gasteiger partial charge in [-0.3, -0.25) is 4.79 Å². The molecule has 0 aliphatic rings. The van der Waals surface area contributed by atoms with Crippen LogP contribution in [0.4, 0.5) is 5.69 Å². The Labute approximate surface area is 123 Å². The molecule has 0 fully saturated rings. The van der Waals surface area contributed by atoms with E-state index in [4.69, 9.17) is 9.47 Å². The number of benzene rings is 1. The third-order valence-electron chi connectivity index (χ3n) is 2.41. The summed E-state index contributed by atoms with van der Waals surface area (Å²) in [6.45, 7) is 4.54. The summed E-state index contributed by atoms with van der Waals surface area (Å²) >= 11 is 1.45. The van der Waals surface area contributed by atoms with E-state index in [1.807, 2.05) is 13.2 Å². The summed E-state index contributed by atoms with van der Waals surface area (Å²) < 4.78 is 10.2. The van der Waals surface area contributed by atoms with Gasteiger partial charge in [0.2, 0.25) is 5.91 Å². The average Bonchev–Trinajstić information content (AvgIpc) is 2.43. The SMILES string of the molecule is CCOCCOC(=O)c1ccc(NC(C)=O)c(SC)c1. The van der Waals surface area contributed by atoms with Crippen molar-refractivity contribution >= 4 is 29.3 Å². The van der Waals surface area contributed by atoms with Crippen molar-refractivity contribution in [1.82, 2.24) is 0 Å². The topological polar surface area (TPSA) is 64.6 Å². The maximum Gasteiger partial charge on any atom is 0.338 e. The first kappa shape index (κ1) is 16.5. The van der Waals surface area contributed by atoms with Gasteiger partial charge in [0.15, 0.2) is 0 Å². The van der Waals surface area contributed by atoms with E-state index in [2.05, 4.69) is 5.32 Å². The lowest BCUT2D eigenvalue weighted by Gasteiger charge is -2.10. The predicted molar refractivity (Wildman–Crippen MR) is 79.3 cm³/mol. The van der Waals surface area contributed by atoms with Gasteiger partial charge < -0.3 is 14.8 Å². The molecule has 0 bridgehead atoms. The lowest BCUT2D eigenvalue weighted by molar-refractivity contribution is -0.114. The van der Waals surface area contributed by atoms with Crippen molar-refractivity contribution in [3.05, 3.63) is 23.8 Å². The highest BCUT2D eigenvalue weighted by molar-refractivity contribution is 7.98. The van der Waals surface area contributed by atoms with Gasteiger partial charge in [0.05, 0.1) is 17.9 Å². The summed E-state index contributed by atoms with van der Waals surface area (Å²) in [5.41, 5.74) is 1.15. The van der Waals surface area contributed by atoms with E-state index < -0.39 is 5.97 Å². The minimum atomic E-state index is -0.394. The second-order valence-electron chi connectivity index (χ2n) is 3.93. The minimum Gasteiger partial charge on any atom is -0.460 e. The number of thioether (sulfide) groups is 1. The molecule has 1 N–H and O–H groups in total. The van der Waals surface area contributed by atoms with Gasteiger partial charge in [-0.25, -0.2) is 4.79 Å². The summed E-state index contributed by atoms with van der Waals surface area (Å²) in [7, 11) is 0. The van der Waals surface area contributed by atoms with Gasteiger partial charge in [-0.15, -0.1) is 11.8 Å². The molecule has 110 valence electrons. The predicted octanol–water partition coefficient (Wildman–Crippen LogP) is 2.56. The number of rotatable bonds is 7. The van der Waals surface area contributed by atoms with Crippen molar-refractivity contribution in [2.75, 3.05) is 31.4 Å². The second-order valence-corrected chi connectivity index (χ2v) is 4.78. The Balaban J connectivity index is 2.71. The van der Waals surface area contributed by atoms with Crippen molar-refractivity contribution in [1.29, 1.82) is 0 Å². The Morgan fingerprint density at radius 1 is 1.30 bits per heavy atom. The lowest BCUT2D eigenvalue weighted by Crippen LogP contribution is -2.12. The monoisotopic (exact) mass is 297 g/mol. The van der Waals surface area contributed by atoms with Gasteiger partial charge in [-0.05, 0) is 31.4 Å². The summed E-state index contributed by atoms with van der Waals surface area (Å²) in [6.07, 6.45) is 1.88. The zero-order valence-corrected chi connectivity index (χ0v) is 12.7. The second kappa shape index (κ2) is 8.60. The molecular formula is C14H19NO4S. The highest BCUT2D eigenvalue weighted by Crippen LogP contribution is 2.26. The molecule has 1 aromatic rings. The lowest BCUT2D eigenvalue weighted by atomic mass is 10.2. The number of ether oxygens (including phenoxy) is 2. The van der Waals surface area contributed by atoms with Crippen LogP contribution in [0.2, 0.25) is 0 Å². The fourth-order valence-corrected chi connectivity index (χ4v) is 2.12. The van der Waals surface area contributed by atoms with Crippen molar-refractivity contribution in [2.24, 2.45) is 0 Å². The minimum absolute atomic E-state index is 0.146. The first-order chi connectivity index (χ1) is 9.58. The van der Waals surface area contributed by atoms with Crippen LogP contribution in [0.3, 0.4) is 0 Å². The van der Waals surface area contributed by atoms with Crippen LogP contribution in [0, 0.1) is 0 Å². The molecule has 0 saturated carbocycles. The van der Waals surface area contributed by atoms with Crippen molar-refractivity contribution in [2.45, 2.75) is 18.7 Å². The van der Waals surface area contributed by atoms with E-state index in [-0.39, 0.29) is 12.5 Å². The maximum atomic E-state index is 11.8. The van der Waals surface area contributed by atoms with Crippen LogP contribution in [0.25, 0.3) is 0 Å². The highest BCUT2D eigenvalue weighted by atomic mass is 32.2. The molecule has 1 aromatic carbocycles. The fourth-order valence-electron chi connectivity index (χ4n) is 1.53. The molecule has 1 amide bonds. The molecule has 5 nitrogen and oxygen atoms in total. The normalized spacial score (nSPS) is 10.2. The molecule has 0 atom stereocenters. The standard InChI is InChI=1S/C14H19NO4S/c1-4-18-7-8-19-14(17)11-5-6-12(15-10(2)16)13(9-11)20-3/h5-6,9H,4,7-8H2,1-3H3,(H,15,16). The number of amides is 1. The van der Waals surface area contributed by atoms with Gasteiger partial charge in [-0.1, -0.05) is 0 Å². The van der Waals surface area contributed by atoms with Gasteiger partial charge in [0, 0.05) is 18.4 Å². The Morgan fingerprint density at radius 2 is 2.05 bits per heavy atom. The summed E-state index contributed by atoms with van der Waals surface area (Å²) in [5.74, 6) is -0.540. The van der Waals surface area contributed by atoms with Crippen molar-refractivity contribution < 1.29 is 19.1 Å². The third kappa shape index (κ3) is 5.22. The first-order valence-corrected chi connectivity index (χ1v) is 7.51. The number of esters is 1. The molecule has 0 aromatic heterocycles. The molecule has 6 heteroatoms. The molecule has 0 aliphatic carbocycles. The smallest absolute Gasteiger partial charge is 0.338 e. The van der Waals surface area contributed by atoms with Crippen LogP contribution in [0.15, 0.2) is 23.1 Å². The van der Waals surface area contributed by atoms with Crippen molar-refractivity contribution in [3.8, 4) is 0 Å². The largest absolute Gasteiger partial charge is 0.460 e. The Hall–Kier alpha value is -1.53. The van der Waals surface area contributed by atoms with E-state index in [1.165, 1.54) is 18.7 Å². The third-order valence-corrected chi connectivity index (χ3v) is 3.19. The molecule has 20 heavy (non-hydrogen) atoms. The average molecular weight is 297 g/mol. The Kier molecular flexibility index (Phi) is 7.11. The molecular weight excluding hydrogens is 278 g/mol. The number of carbonyl (C=O) groups excluding carboxylic acids is 2. The number of anilines is 1. The van der Waals surface area contributed by atoms with Crippen LogP contribution < -0.4 is 5.32 Å². The van der Waals surface area contributed by atoms with Crippen LogP contribution in [0.5, 0.6) is 0 Å². The van der Waals surface area contributed by atoms with Gasteiger partial charge >= 0.3 is 5.97 Å². The molecule has 0 saturated heterocycles. The van der Waals surface area contributed by atoms with E-state index in [1.54, 1.807) is 18.2 Å². The van der Waals surface area contributed by atoms with Crippen LogP contribution >= 0.6 is 11.8 Å². The van der Waals surface area contributed by atoms with Crippen LogP contribution in [-0.4, -0.2) is 38.0 Å². The maximum absolute atomic E-state index is 11.8. The molecule has 0 aliphatic heterocycles. The van der Waals surface area contributed by atoms with Crippen LogP contribution in [0.1, 0.15) is 24.2 Å². The molecule has 0 radical (unpaired) electrons. The number of carbonyl (C=O) groups is 2. The van der Waals surface area contributed by atoms with E-state index in [0.717, 1.165) is 4.90 Å². The van der Waals surface area contributed by atoms with E-state index in [9.17, 15) is 9.59 Å². The number of hydrogen-bond donors (Lipinski definition) is 1. The highest BCUT2D eigenvalue weighted by Gasteiger charge is 2.11. The van der Waals surface area contributed by atoms with Crippen molar-refractivity contribution in [3.63, 3.8) is 0 Å². The molecule has 0 heterocycles. The first-order valence-electron chi connectivity index (χ1n) is 6.29. The molecule has 1 rings (SSSR count). The number of nitrogens with one attached hydrogen (secondary N) is 1. The van der Waals surface area contributed by atoms with Gasteiger partial charge in [-0.2, -0.15) is 0 Å². The number of hydrogen-bond acceptors (Lipinski definition) is 5. The zero-order chi connectivity index (χ0) is 15.0. The quantitative estimate of drug-likeness (QED) is 0.476. The fraction of sp³-hybridized carbons (Fsp3) is 0.429. The summed E-state index contributed by atoms with van der Waals surface area (Å²) in [6, 6.07) is 5.04. The summed E-state index contributed by atoms with van der Waals surface area (Å²) in [5, 5.41) is 2.72. The van der Waals surface area contributed by atoms with Gasteiger partial charge in [0.1, 0.15) is 6.61 Å². The van der Waals surface area contributed by atoms with Crippen LogP contribution in [-0.2, 0) is 14.3 Å². The Morgan fingerprint density at radius 3 is 2.65 bits per heavy atom. The van der Waals surface area contributed by atoms with Gasteiger partial charge in [0.25, 0.3) is 0 Å². The van der Waals surface area contributed by atoms with E-state index >= 15 is 0 Å². The Bertz CT molecular complexity index is 476. The molecule has 0 spiro atoms. The van der Waals surface area contributed by atoms with E-state index in [0.29, 0.717) is 24.5 Å². The summed E-state index contributed by atoms with van der Waals surface area (Å²) in [4.78, 5) is 23.7. The zero-order valence-electron chi connectivity index (χ0n) is 11.9.